The third-order valence-electron chi connectivity index (χ3n) is 3.43. The summed E-state index contributed by atoms with van der Waals surface area (Å²) in [5, 5.41) is 0. The quantitative estimate of drug-likeness (QED) is 0.702. The van der Waals surface area contributed by atoms with Gasteiger partial charge in [-0.3, -0.25) is 4.90 Å². The predicted molar refractivity (Wildman–Crippen MR) is 92.8 cm³/mol. The van der Waals surface area contributed by atoms with Gasteiger partial charge in [-0.25, -0.2) is 0 Å². The van der Waals surface area contributed by atoms with Crippen molar-refractivity contribution >= 4 is 12.4 Å². The molecule has 0 saturated heterocycles. The summed E-state index contributed by atoms with van der Waals surface area (Å²) in [4.78, 5) is 2.35. The minimum atomic E-state index is 0. The molecule has 0 aromatic heterocycles. The summed E-state index contributed by atoms with van der Waals surface area (Å²) in [6.45, 7) is 2.75. The molecule has 2 heteroatoms. The van der Waals surface area contributed by atoms with Crippen LogP contribution >= 0.6 is 12.4 Å². The van der Waals surface area contributed by atoms with E-state index in [2.05, 4.69) is 71.5 Å². The van der Waals surface area contributed by atoms with Crippen molar-refractivity contribution in [2.24, 2.45) is 0 Å². The van der Waals surface area contributed by atoms with Crippen molar-refractivity contribution in [3.63, 3.8) is 0 Å². The molecular formula is C19H22ClN. The highest BCUT2D eigenvalue weighted by atomic mass is 35.5. The number of benzene rings is 2. The molecule has 1 nitrogen and oxygen atoms in total. The van der Waals surface area contributed by atoms with Crippen LogP contribution in [0, 0.1) is 12.3 Å². The van der Waals surface area contributed by atoms with Gasteiger partial charge in [0.2, 0.25) is 0 Å². The number of hydrogen-bond acceptors (Lipinski definition) is 1. The normalized spacial score (nSPS) is 9.90. The minimum absolute atomic E-state index is 0. The Labute approximate surface area is 134 Å². The molecule has 110 valence electrons. The van der Waals surface area contributed by atoms with Gasteiger partial charge in [0.05, 0.1) is 6.54 Å². The molecule has 0 heterocycles. The number of nitrogens with zero attached hydrogens (tertiary/aromatic N) is 1. The zero-order valence-corrected chi connectivity index (χ0v) is 13.1. The van der Waals surface area contributed by atoms with Gasteiger partial charge in [0.25, 0.3) is 0 Å². The molecule has 2 aromatic carbocycles. The first kappa shape index (κ1) is 17.3. The van der Waals surface area contributed by atoms with Crippen molar-refractivity contribution in [2.45, 2.75) is 12.8 Å². The summed E-state index contributed by atoms with van der Waals surface area (Å²) in [5.74, 6) is 2.77. The van der Waals surface area contributed by atoms with Crippen LogP contribution in [0.3, 0.4) is 0 Å². The molecule has 0 aliphatic carbocycles. The molecule has 0 bridgehead atoms. The van der Waals surface area contributed by atoms with E-state index in [1.807, 2.05) is 0 Å². The summed E-state index contributed by atoms with van der Waals surface area (Å²) in [6.07, 6.45) is 7.58. The number of hydrogen-bond donors (Lipinski definition) is 0. The fraction of sp³-hybridized carbons (Fsp3) is 0.263. The van der Waals surface area contributed by atoms with E-state index in [1.54, 1.807) is 0 Å². The van der Waals surface area contributed by atoms with Crippen LogP contribution in [-0.2, 0) is 12.8 Å². The van der Waals surface area contributed by atoms with Crippen LogP contribution in [0.5, 0.6) is 0 Å². The van der Waals surface area contributed by atoms with Gasteiger partial charge >= 0.3 is 0 Å². The third kappa shape index (κ3) is 6.49. The van der Waals surface area contributed by atoms with Gasteiger partial charge in [0.1, 0.15) is 0 Å². The molecule has 0 amide bonds. The third-order valence-corrected chi connectivity index (χ3v) is 3.43. The van der Waals surface area contributed by atoms with Crippen molar-refractivity contribution in [1.29, 1.82) is 0 Å². The Balaban J connectivity index is 0.00000220. The molecule has 21 heavy (non-hydrogen) atoms. The van der Waals surface area contributed by atoms with E-state index in [1.165, 1.54) is 11.1 Å². The monoisotopic (exact) mass is 299 g/mol. The minimum Gasteiger partial charge on any atom is -0.292 e. The van der Waals surface area contributed by atoms with Gasteiger partial charge in [0, 0.05) is 13.1 Å². The van der Waals surface area contributed by atoms with Crippen molar-refractivity contribution in [3.05, 3.63) is 71.8 Å². The lowest BCUT2D eigenvalue weighted by Gasteiger charge is -2.19. The zero-order chi connectivity index (χ0) is 14.0. The highest BCUT2D eigenvalue weighted by Crippen LogP contribution is 2.04. The van der Waals surface area contributed by atoms with E-state index < -0.39 is 0 Å². The average molecular weight is 300 g/mol. The van der Waals surface area contributed by atoms with Gasteiger partial charge in [-0.1, -0.05) is 66.6 Å². The van der Waals surface area contributed by atoms with Crippen LogP contribution in [0.25, 0.3) is 0 Å². The van der Waals surface area contributed by atoms with Crippen molar-refractivity contribution in [2.75, 3.05) is 19.6 Å². The standard InChI is InChI=1S/C19H21N.ClH/c1-2-15-20(16-13-18-9-5-3-6-10-18)17-14-19-11-7-4-8-12-19;/h1,3-12H,13-17H2;1H. The van der Waals surface area contributed by atoms with Crippen molar-refractivity contribution < 1.29 is 0 Å². The SMILES string of the molecule is C#CCN(CCc1ccccc1)CCc1ccccc1.Cl. The van der Waals surface area contributed by atoms with E-state index in [0.29, 0.717) is 0 Å². The molecule has 0 atom stereocenters. The average Bonchev–Trinajstić information content (AvgIpc) is 2.52. The van der Waals surface area contributed by atoms with E-state index in [9.17, 15) is 0 Å². The topological polar surface area (TPSA) is 3.24 Å². The molecule has 0 spiro atoms. The van der Waals surface area contributed by atoms with E-state index >= 15 is 0 Å². The van der Waals surface area contributed by atoms with Crippen LogP contribution in [0.4, 0.5) is 0 Å². The molecular weight excluding hydrogens is 278 g/mol. The van der Waals surface area contributed by atoms with Gasteiger partial charge in [-0.15, -0.1) is 18.8 Å². The predicted octanol–water partition coefficient (Wildman–Crippen LogP) is 3.83. The Morgan fingerprint density at radius 2 is 1.19 bits per heavy atom. The number of terminal acetylenes is 1. The molecule has 0 aliphatic heterocycles. The van der Waals surface area contributed by atoms with Crippen LogP contribution in [-0.4, -0.2) is 24.5 Å². The second-order valence-electron chi connectivity index (χ2n) is 4.95. The van der Waals surface area contributed by atoms with E-state index in [-0.39, 0.29) is 12.4 Å². The van der Waals surface area contributed by atoms with E-state index in [0.717, 1.165) is 32.5 Å². The summed E-state index contributed by atoms with van der Waals surface area (Å²) >= 11 is 0. The molecule has 2 aromatic rings. The van der Waals surface area contributed by atoms with Crippen LogP contribution < -0.4 is 0 Å². The molecule has 0 N–H and O–H groups in total. The first-order chi connectivity index (χ1) is 9.88. The lowest BCUT2D eigenvalue weighted by Crippen LogP contribution is -2.28. The fourth-order valence-corrected chi connectivity index (χ4v) is 2.26. The highest BCUT2D eigenvalue weighted by molar-refractivity contribution is 5.85. The smallest absolute Gasteiger partial charge is 0.0599 e. The number of halogens is 1. The second kappa shape index (κ2) is 10.0. The van der Waals surface area contributed by atoms with Crippen LogP contribution in [0.1, 0.15) is 11.1 Å². The second-order valence-corrected chi connectivity index (χ2v) is 4.95. The Morgan fingerprint density at radius 1 is 0.762 bits per heavy atom. The van der Waals surface area contributed by atoms with Gasteiger partial charge < -0.3 is 0 Å². The van der Waals surface area contributed by atoms with Crippen LogP contribution in [0.15, 0.2) is 60.7 Å². The maximum atomic E-state index is 5.48. The van der Waals surface area contributed by atoms with E-state index in [4.69, 9.17) is 6.42 Å². The maximum Gasteiger partial charge on any atom is 0.0599 e. The van der Waals surface area contributed by atoms with Crippen LogP contribution in [0.2, 0.25) is 0 Å². The van der Waals surface area contributed by atoms with Crippen molar-refractivity contribution in [1.82, 2.24) is 4.90 Å². The summed E-state index contributed by atoms with van der Waals surface area (Å²) < 4.78 is 0. The lowest BCUT2D eigenvalue weighted by atomic mass is 10.1. The fourth-order valence-electron chi connectivity index (χ4n) is 2.26. The Kier molecular flexibility index (Phi) is 8.28. The molecule has 0 radical (unpaired) electrons. The molecule has 0 saturated carbocycles. The molecule has 0 unspecified atom stereocenters. The van der Waals surface area contributed by atoms with Gasteiger partial charge in [-0.05, 0) is 24.0 Å². The van der Waals surface area contributed by atoms with Gasteiger partial charge in [0.15, 0.2) is 0 Å². The Bertz CT molecular complexity index is 487. The largest absolute Gasteiger partial charge is 0.292 e. The maximum absolute atomic E-state index is 5.48. The van der Waals surface area contributed by atoms with Crippen molar-refractivity contribution in [3.8, 4) is 12.3 Å². The lowest BCUT2D eigenvalue weighted by molar-refractivity contribution is 0.315. The summed E-state index contributed by atoms with van der Waals surface area (Å²) in [7, 11) is 0. The summed E-state index contributed by atoms with van der Waals surface area (Å²) in [6, 6.07) is 21.1. The summed E-state index contributed by atoms with van der Waals surface area (Å²) in [5.41, 5.74) is 2.74. The molecule has 0 aliphatic rings. The Morgan fingerprint density at radius 3 is 1.57 bits per heavy atom. The Hall–Kier alpha value is -1.75. The number of rotatable bonds is 7. The highest BCUT2D eigenvalue weighted by Gasteiger charge is 2.04. The first-order valence-electron chi connectivity index (χ1n) is 7.12. The van der Waals surface area contributed by atoms with Gasteiger partial charge in [-0.2, -0.15) is 0 Å². The molecule has 2 rings (SSSR count). The zero-order valence-electron chi connectivity index (χ0n) is 12.2. The molecule has 0 fully saturated rings. The first-order valence-corrected chi connectivity index (χ1v) is 7.12.